The van der Waals surface area contributed by atoms with Crippen molar-refractivity contribution in [2.24, 2.45) is 0 Å². The van der Waals surface area contributed by atoms with Crippen molar-refractivity contribution in [3.05, 3.63) is 39.9 Å². The highest BCUT2D eigenvalue weighted by molar-refractivity contribution is 5.82. The van der Waals surface area contributed by atoms with Crippen LogP contribution in [0.4, 0.5) is 5.69 Å². The quantitative estimate of drug-likeness (QED) is 0.583. The number of nitro benzene ring substituents is 1. The lowest BCUT2D eigenvalue weighted by atomic mass is 10.1. The Morgan fingerprint density at radius 1 is 1.29 bits per heavy atom. The van der Waals surface area contributed by atoms with Crippen molar-refractivity contribution >= 4 is 17.5 Å². The van der Waals surface area contributed by atoms with Crippen LogP contribution in [0.25, 0.3) is 0 Å². The molecule has 0 aromatic heterocycles. The molecule has 0 radical (unpaired) electrons. The number of benzene rings is 1. The number of hydrazine groups is 1. The number of nitrogens with zero attached hydrogens (tertiary/aromatic N) is 1. The topological polar surface area (TPSA) is 101 Å². The van der Waals surface area contributed by atoms with Gasteiger partial charge in [0.25, 0.3) is 5.69 Å². The Hall–Kier alpha value is -2.44. The average molecular weight is 237 g/mol. The van der Waals surface area contributed by atoms with Crippen molar-refractivity contribution < 1.29 is 14.5 Å². The van der Waals surface area contributed by atoms with Crippen LogP contribution in [0.15, 0.2) is 24.3 Å². The van der Waals surface area contributed by atoms with Gasteiger partial charge in [-0.2, -0.15) is 0 Å². The van der Waals surface area contributed by atoms with E-state index in [9.17, 15) is 19.7 Å². The lowest BCUT2D eigenvalue weighted by molar-refractivity contribution is -0.385. The minimum atomic E-state index is -0.555. The number of hydrogen-bond donors (Lipinski definition) is 2. The predicted octanol–water partition coefficient (Wildman–Crippen LogP) is 0.305. The third kappa shape index (κ3) is 3.90. The summed E-state index contributed by atoms with van der Waals surface area (Å²) in [5, 5.41) is 10.7. The molecular weight excluding hydrogens is 226 g/mol. The van der Waals surface area contributed by atoms with Crippen LogP contribution in [-0.4, -0.2) is 16.7 Å². The van der Waals surface area contributed by atoms with Crippen LogP contribution in [0.2, 0.25) is 0 Å². The van der Waals surface area contributed by atoms with E-state index < -0.39 is 16.7 Å². The molecule has 2 amide bonds. The molecule has 0 aliphatic carbocycles. The first kappa shape index (κ1) is 12.6. The fourth-order valence-electron chi connectivity index (χ4n) is 1.21. The Kier molecular flexibility index (Phi) is 4.15. The second-order valence-electron chi connectivity index (χ2n) is 3.29. The second kappa shape index (κ2) is 5.59. The Labute approximate surface area is 96.9 Å². The van der Waals surface area contributed by atoms with E-state index in [1.807, 2.05) is 0 Å². The zero-order valence-corrected chi connectivity index (χ0v) is 9.10. The largest absolute Gasteiger partial charge is 0.274 e. The number of carbonyl (C=O) groups is 2. The molecule has 7 nitrogen and oxygen atoms in total. The van der Waals surface area contributed by atoms with Crippen LogP contribution in [0.5, 0.6) is 0 Å². The second-order valence-corrected chi connectivity index (χ2v) is 3.29. The lowest BCUT2D eigenvalue weighted by Crippen LogP contribution is -2.41. The first-order chi connectivity index (χ1) is 8.00. The maximum absolute atomic E-state index is 11.3. The van der Waals surface area contributed by atoms with Crippen molar-refractivity contribution in [2.45, 2.75) is 13.3 Å². The Morgan fingerprint density at radius 3 is 2.53 bits per heavy atom. The molecule has 0 aliphatic heterocycles. The van der Waals surface area contributed by atoms with Gasteiger partial charge in [0.2, 0.25) is 11.8 Å². The van der Waals surface area contributed by atoms with Gasteiger partial charge in [-0.1, -0.05) is 18.2 Å². The zero-order valence-electron chi connectivity index (χ0n) is 9.10. The zero-order chi connectivity index (χ0) is 12.8. The van der Waals surface area contributed by atoms with Crippen molar-refractivity contribution in [1.82, 2.24) is 10.9 Å². The molecule has 1 rings (SSSR count). The van der Waals surface area contributed by atoms with E-state index in [0.717, 1.165) is 0 Å². The minimum Gasteiger partial charge on any atom is -0.274 e. The Morgan fingerprint density at radius 2 is 1.94 bits per heavy atom. The van der Waals surface area contributed by atoms with E-state index in [1.165, 1.54) is 25.1 Å². The molecule has 0 saturated heterocycles. The molecule has 7 heteroatoms. The molecule has 0 saturated carbocycles. The summed E-state index contributed by atoms with van der Waals surface area (Å²) in [6.07, 6.45) is -0.169. The summed E-state index contributed by atoms with van der Waals surface area (Å²) >= 11 is 0. The minimum absolute atomic E-state index is 0.120. The number of nitro groups is 1. The van der Waals surface area contributed by atoms with Gasteiger partial charge in [0, 0.05) is 18.6 Å². The van der Waals surface area contributed by atoms with Crippen LogP contribution in [0, 0.1) is 10.1 Å². The summed E-state index contributed by atoms with van der Waals surface area (Å²) in [5.74, 6) is -0.935. The molecular formula is C10H11N3O4. The van der Waals surface area contributed by atoms with Gasteiger partial charge in [0.15, 0.2) is 0 Å². The van der Waals surface area contributed by atoms with Crippen LogP contribution >= 0.6 is 0 Å². The first-order valence-corrected chi connectivity index (χ1v) is 4.78. The molecule has 2 N–H and O–H groups in total. The van der Waals surface area contributed by atoms with Crippen molar-refractivity contribution in [3.63, 3.8) is 0 Å². The maximum atomic E-state index is 11.3. The molecule has 1 aromatic rings. The number of para-hydroxylation sites is 1. The summed E-state index contributed by atoms with van der Waals surface area (Å²) < 4.78 is 0. The Balaban J connectivity index is 2.71. The fourth-order valence-corrected chi connectivity index (χ4v) is 1.21. The standard InChI is InChI=1S/C10H11N3O4/c1-7(14)11-12-10(15)6-8-4-2-3-5-9(8)13(16)17/h2-5H,6H2,1H3,(H,11,14)(H,12,15). The van der Waals surface area contributed by atoms with Crippen LogP contribution in [-0.2, 0) is 16.0 Å². The van der Waals surface area contributed by atoms with Gasteiger partial charge in [-0.05, 0) is 0 Å². The molecule has 0 heterocycles. The van der Waals surface area contributed by atoms with Gasteiger partial charge in [-0.25, -0.2) is 0 Å². The number of rotatable bonds is 3. The number of nitrogens with one attached hydrogen (secondary N) is 2. The number of carbonyl (C=O) groups excluding carboxylic acids is 2. The van der Waals surface area contributed by atoms with Crippen LogP contribution < -0.4 is 10.9 Å². The normalized spacial score (nSPS) is 9.47. The van der Waals surface area contributed by atoms with E-state index in [4.69, 9.17) is 0 Å². The summed E-state index contributed by atoms with van der Waals surface area (Å²) in [5.41, 5.74) is 4.41. The molecule has 0 aliphatic rings. The summed E-state index contributed by atoms with van der Waals surface area (Å²) in [6, 6.07) is 5.94. The van der Waals surface area contributed by atoms with E-state index in [2.05, 4.69) is 10.9 Å². The SMILES string of the molecule is CC(=O)NNC(=O)Cc1ccccc1[N+](=O)[O-]. The van der Waals surface area contributed by atoms with Crippen LogP contribution in [0.1, 0.15) is 12.5 Å². The summed E-state index contributed by atoms with van der Waals surface area (Å²) in [4.78, 5) is 32.0. The first-order valence-electron chi connectivity index (χ1n) is 4.78. The predicted molar refractivity (Wildman–Crippen MR) is 58.8 cm³/mol. The van der Waals surface area contributed by atoms with E-state index >= 15 is 0 Å². The highest BCUT2D eigenvalue weighted by Crippen LogP contribution is 2.17. The average Bonchev–Trinajstić information content (AvgIpc) is 2.27. The molecule has 0 bridgehead atoms. The van der Waals surface area contributed by atoms with Crippen LogP contribution in [0.3, 0.4) is 0 Å². The summed E-state index contributed by atoms with van der Waals surface area (Å²) in [7, 11) is 0. The summed E-state index contributed by atoms with van der Waals surface area (Å²) in [6.45, 7) is 1.24. The third-order valence-electron chi connectivity index (χ3n) is 1.92. The monoisotopic (exact) mass is 237 g/mol. The fraction of sp³-hybridized carbons (Fsp3) is 0.200. The Bertz CT molecular complexity index is 459. The highest BCUT2D eigenvalue weighted by atomic mass is 16.6. The molecule has 0 fully saturated rings. The molecule has 90 valence electrons. The smallest absolute Gasteiger partial charge is 0.273 e. The maximum Gasteiger partial charge on any atom is 0.273 e. The molecule has 1 aromatic carbocycles. The lowest BCUT2D eigenvalue weighted by Gasteiger charge is -2.05. The molecule has 0 atom stereocenters. The van der Waals surface area contributed by atoms with Crippen molar-refractivity contribution in [3.8, 4) is 0 Å². The molecule has 0 unspecified atom stereocenters. The highest BCUT2D eigenvalue weighted by Gasteiger charge is 2.15. The third-order valence-corrected chi connectivity index (χ3v) is 1.92. The molecule has 0 spiro atoms. The van der Waals surface area contributed by atoms with Crippen molar-refractivity contribution in [2.75, 3.05) is 0 Å². The van der Waals surface area contributed by atoms with E-state index in [1.54, 1.807) is 6.07 Å². The van der Waals surface area contributed by atoms with E-state index in [-0.39, 0.29) is 12.1 Å². The van der Waals surface area contributed by atoms with Gasteiger partial charge in [0.05, 0.1) is 11.3 Å². The van der Waals surface area contributed by atoms with Gasteiger partial charge in [-0.15, -0.1) is 0 Å². The van der Waals surface area contributed by atoms with Crippen molar-refractivity contribution in [1.29, 1.82) is 0 Å². The van der Waals surface area contributed by atoms with E-state index in [0.29, 0.717) is 5.56 Å². The number of hydrogen-bond acceptors (Lipinski definition) is 4. The number of amides is 2. The molecule has 17 heavy (non-hydrogen) atoms. The van der Waals surface area contributed by atoms with Gasteiger partial charge < -0.3 is 0 Å². The van der Waals surface area contributed by atoms with Gasteiger partial charge >= 0.3 is 0 Å². The van der Waals surface area contributed by atoms with Gasteiger partial charge in [-0.3, -0.25) is 30.6 Å². The van der Waals surface area contributed by atoms with Gasteiger partial charge in [0.1, 0.15) is 0 Å².